The average molecular weight is 401 g/mol. The maximum absolute atomic E-state index is 13.2. The smallest absolute Gasteiger partial charge is 0.251 e. The fourth-order valence-electron chi connectivity index (χ4n) is 3.53. The molecule has 0 atom stereocenters. The van der Waals surface area contributed by atoms with Crippen molar-refractivity contribution in [3.05, 3.63) is 70.8 Å². The van der Waals surface area contributed by atoms with Crippen molar-refractivity contribution in [1.82, 2.24) is 15.5 Å². The molecule has 2 aromatic rings. The number of amides is 2. The fourth-order valence-corrected chi connectivity index (χ4v) is 3.53. The molecule has 0 unspecified atom stereocenters. The summed E-state index contributed by atoms with van der Waals surface area (Å²) in [5.41, 5.74) is 2.37. The quantitative estimate of drug-likeness (QED) is 0.783. The molecule has 3 rings (SSSR count). The Kier molecular flexibility index (Phi) is 6.93. The lowest BCUT2D eigenvalue weighted by atomic mass is 10.0. The van der Waals surface area contributed by atoms with E-state index < -0.39 is 17.5 Å². The lowest BCUT2D eigenvalue weighted by Crippen LogP contribution is -2.47. The molecule has 29 heavy (non-hydrogen) atoms. The fraction of sp³-hybridized carbons (Fsp3) is 0.364. The maximum Gasteiger partial charge on any atom is 0.251 e. The third kappa shape index (κ3) is 6.35. The van der Waals surface area contributed by atoms with Gasteiger partial charge in [0, 0.05) is 37.3 Å². The number of piperidine rings is 1. The van der Waals surface area contributed by atoms with Crippen LogP contribution in [0, 0.1) is 18.6 Å². The summed E-state index contributed by atoms with van der Waals surface area (Å²) in [6, 6.07) is 11.0. The van der Waals surface area contributed by atoms with Crippen LogP contribution in [0.2, 0.25) is 0 Å². The number of nitrogens with zero attached hydrogens (tertiary/aromatic N) is 1. The summed E-state index contributed by atoms with van der Waals surface area (Å²) in [4.78, 5) is 26.4. The van der Waals surface area contributed by atoms with Gasteiger partial charge in [0.15, 0.2) is 0 Å². The second-order valence-corrected chi connectivity index (χ2v) is 7.45. The molecule has 1 aliphatic heterocycles. The van der Waals surface area contributed by atoms with Gasteiger partial charge in [-0.05, 0) is 37.5 Å². The molecule has 7 heteroatoms. The molecule has 1 fully saturated rings. The molecule has 1 saturated heterocycles. The number of aryl methyl sites for hydroxylation is 1. The van der Waals surface area contributed by atoms with Crippen molar-refractivity contribution in [1.29, 1.82) is 0 Å². The number of halogens is 2. The topological polar surface area (TPSA) is 61.4 Å². The number of carbonyl (C=O) groups excluding carboxylic acids is 2. The zero-order valence-electron chi connectivity index (χ0n) is 16.4. The van der Waals surface area contributed by atoms with Gasteiger partial charge in [0.05, 0.1) is 6.54 Å². The van der Waals surface area contributed by atoms with Crippen LogP contribution in [0.1, 0.15) is 34.3 Å². The van der Waals surface area contributed by atoms with E-state index in [1.807, 2.05) is 0 Å². The molecule has 0 spiro atoms. The Morgan fingerprint density at radius 2 is 1.76 bits per heavy atom. The lowest BCUT2D eigenvalue weighted by Gasteiger charge is -2.32. The molecule has 1 heterocycles. The van der Waals surface area contributed by atoms with Gasteiger partial charge in [0.25, 0.3) is 5.91 Å². The van der Waals surface area contributed by atoms with E-state index in [9.17, 15) is 18.4 Å². The Balaban J connectivity index is 1.40. The van der Waals surface area contributed by atoms with Gasteiger partial charge in [0.1, 0.15) is 11.6 Å². The van der Waals surface area contributed by atoms with Crippen molar-refractivity contribution in [3.63, 3.8) is 0 Å². The summed E-state index contributed by atoms with van der Waals surface area (Å²) in [6.45, 7) is 4.50. The van der Waals surface area contributed by atoms with Crippen LogP contribution < -0.4 is 10.6 Å². The van der Waals surface area contributed by atoms with Crippen molar-refractivity contribution in [2.75, 3.05) is 19.6 Å². The highest BCUT2D eigenvalue weighted by Crippen LogP contribution is 2.15. The monoisotopic (exact) mass is 401 g/mol. The number of nitrogens with one attached hydrogen (secondary N) is 2. The van der Waals surface area contributed by atoms with Crippen molar-refractivity contribution in [2.24, 2.45) is 0 Å². The van der Waals surface area contributed by atoms with Crippen LogP contribution in [0.5, 0.6) is 0 Å². The van der Waals surface area contributed by atoms with Gasteiger partial charge in [-0.1, -0.05) is 29.8 Å². The first-order valence-electron chi connectivity index (χ1n) is 9.70. The van der Waals surface area contributed by atoms with Crippen molar-refractivity contribution >= 4 is 11.8 Å². The lowest BCUT2D eigenvalue weighted by molar-refractivity contribution is -0.121. The highest BCUT2D eigenvalue weighted by molar-refractivity contribution is 5.96. The van der Waals surface area contributed by atoms with E-state index in [4.69, 9.17) is 0 Å². The number of hydrogen-bond acceptors (Lipinski definition) is 3. The van der Waals surface area contributed by atoms with Crippen LogP contribution in [-0.2, 0) is 11.3 Å². The average Bonchev–Trinajstić information content (AvgIpc) is 2.67. The van der Waals surface area contributed by atoms with Crippen LogP contribution in [0.15, 0.2) is 42.5 Å². The highest BCUT2D eigenvalue weighted by atomic mass is 19.1. The molecule has 0 aliphatic carbocycles. The molecule has 2 amide bonds. The molecule has 0 bridgehead atoms. The molecule has 0 aromatic heterocycles. The number of carbonyl (C=O) groups is 2. The Labute approximate surface area is 169 Å². The second-order valence-electron chi connectivity index (χ2n) is 7.45. The molecule has 2 aromatic carbocycles. The van der Waals surface area contributed by atoms with Gasteiger partial charge in [0.2, 0.25) is 5.91 Å². The molecule has 154 valence electrons. The number of hydrogen-bond donors (Lipinski definition) is 2. The van der Waals surface area contributed by atoms with Gasteiger partial charge in [-0.15, -0.1) is 0 Å². The zero-order valence-corrected chi connectivity index (χ0v) is 16.4. The number of likely N-dealkylation sites (tertiary alicyclic amines) is 1. The van der Waals surface area contributed by atoms with Gasteiger partial charge in [-0.3, -0.25) is 14.5 Å². The van der Waals surface area contributed by atoms with E-state index in [1.54, 1.807) is 0 Å². The summed E-state index contributed by atoms with van der Waals surface area (Å²) in [7, 11) is 0. The van der Waals surface area contributed by atoms with Gasteiger partial charge >= 0.3 is 0 Å². The first kappa shape index (κ1) is 20.9. The summed E-state index contributed by atoms with van der Waals surface area (Å²) < 4.78 is 26.4. The second kappa shape index (κ2) is 9.60. The van der Waals surface area contributed by atoms with E-state index in [1.165, 1.54) is 11.1 Å². The van der Waals surface area contributed by atoms with E-state index in [-0.39, 0.29) is 24.1 Å². The molecule has 5 nitrogen and oxygen atoms in total. The van der Waals surface area contributed by atoms with Gasteiger partial charge in [-0.25, -0.2) is 8.78 Å². The van der Waals surface area contributed by atoms with Crippen LogP contribution in [0.4, 0.5) is 8.78 Å². The van der Waals surface area contributed by atoms with Crippen molar-refractivity contribution < 1.29 is 18.4 Å². The summed E-state index contributed by atoms with van der Waals surface area (Å²) in [5.74, 6) is -2.67. The van der Waals surface area contributed by atoms with E-state index in [2.05, 4.69) is 46.7 Å². The Morgan fingerprint density at radius 3 is 2.41 bits per heavy atom. The predicted octanol–water partition coefficient (Wildman–Crippen LogP) is 2.78. The first-order valence-corrected chi connectivity index (χ1v) is 9.70. The normalized spacial score (nSPS) is 15.1. The van der Waals surface area contributed by atoms with Crippen LogP contribution >= 0.6 is 0 Å². The summed E-state index contributed by atoms with van der Waals surface area (Å²) >= 11 is 0. The molecule has 0 radical (unpaired) electrons. The van der Waals surface area contributed by atoms with E-state index in [0.29, 0.717) is 6.07 Å². The third-order valence-electron chi connectivity index (χ3n) is 4.98. The minimum absolute atomic E-state index is 0.0553. The van der Waals surface area contributed by atoms with Crippen molar-refractivity contribution in [2.45, 2.75) is 32.4 Å². The van der Waals surface area contributed by atoms with Crippen LogP contribution in [0.3, 0.4) is 0 Å². The molecular weight excluding hydrogens is 376 g/mol. The SMILES string of the molecule is Cc1cccc(CN2CCC(NC(=O)CNC(=O)c3cc(F)cc(F)c3)CC2)c1. The summed E-state index contributed by atoms with van der Waals surface area (Å²) in [6.07, 6.45) is 1.67. The summed E-state index contributed by atoms with van der Waals surface area (Å²) in [5, 5.41) is 5.31. The minimum Gasteiger partial charge on any atom is -0.352 e. The Bertz CT molecular complexity index is 860. The van der Waals surface area contributed by atoms with Crippen LogP contribution in [0.25, 0.3) is 0 Å². The Hall–Kier alpha value is -2.80. The highest BCUT2D eigenvalue weighted by Gasteiger charge is 2.21. The minimum atomic E-state index is -0.836. The van der Waals surface area contributed by atoms with Gasteiger partial charge < -0.3 is 10.6 Å². The maximum atomic E-state index is 13.2. The predicted molar refractivity (Wildman–Crippen MR) is 106 cm³/mol. The van der Waals surface area contributed by atoms with Gasteiger partial charge in [-0.2, -0.15) is 0 Å². The standard InChI is InChI=1S/C22H25F2N3O2/c1-15-3-2-4-16(9-15)14-27-7-5-20(6-8-27)26-21(28)13-25-22(29)17-10-18(23)12-19(24)11-17/h2-4,9-12,20H,5-8,13-14H2,1H3,(H,25,29)(H,26,28). The molecular formula is C22H25F2N3O2. The zero-order chi connectivity index (χ0) is 20.8. The number of rotatable bonds is 6. The molecule has 1 aliphatic rings. The number of benzene rings is 2. The molecule has 2 N–H and O–H groups in total. The largest absolute Gasteiger partial charge is 0.352 e. The third-order valence-corrected chi connectivity index (χ3v) is 4.98. The first-order chi connectivity index (χ1) is 13.9. The molecule has 0 saturated carbocycles. The van der Waals surface area contributed by atoms with E-state index in [0.717, 1.165) is 44.6 Å². The Morgan fingerprint density at radius 1 is 1.07 bits per heavy atom. The van der Waals surface area contributed by atoms with Crippen molar-refractivity contribution in [3.8, 4) is 0 Å². The van der Waals surface area contributed by atoms with E-state index >= 15 is 0 Å². The van der Waals surface area contributed by atoms with Crippen LogP contribution in [-0.4, -0.2) is 42.4 Å².